The lowest BCUT2D eigenvalue weighted by Gasteiger charge is -2.10. The van der Waals surface area contributed by atoms with Gasteiger partial charge in [-0.1, -0.05) is 11.6 Å². The van der Waals surface area contributed by atoms with Crippen molar-refractivity contribution >= 4 is 22.9 Å². The maximum atomic E-state index is 13.4. The van der Waals surface area contributed by atoms with E-state index in [0.717, 1.165) is 23.5 Å². The summed E-state index contributed by atoms with van der Waals surface area (Å²) in [5.74, 6) is -4.27. The van der Waals surface area contributed by atoms with Crippen LogP contribution in [0.3, 0.4) is 0 Å². The smallest absolute Gasteiger partial charge is 0.194 e. The van der Waals surface area contributed by atoms with Crippen molar-refractivity contribution in [3.63, 3.8) is 0 Å². The molecule has 0 fully saturated rings. The SMILES string of the molecule is OC(c1ccc(Cl)s1)c1ccc(F)c(F)c1F. The number of hydrogen-bond acceptors (Lipinski definition) is 2. The Bertz CT molecular complexity index is 556. The Labute approximate surface area is 104 Å². The van der Waals surface area contributed by atoms with Gasteiger partial charge in [-0.15, -0.1) is 11.3 Å². The van der Waals surface area contributed by atoms with Crippen molar-refractivity contribution in [1.29, 1.82) is 0 Å². The monoisotopic (exact) mass is 278 g/mol. The van der Waals surface area contributed by atoms with Crippen LogP contribution in [-0.2, 0) is 0 Å². The third kappa shape index (κ3) is 2.31. The van der Waals surface area contributed by atoms with Gasteiger partial charge in [-0.3, -0.25) is 0 Å². The molecule has 0 aliphatic heterocycles. The highest BCUT2D eigenvalue weighted by molar-refractivity contribution is 7.16. The quantitative estimate of drug-likeness (QED) is 0.826. The summed E-state index contributed by atoms with van der Waals surface area (Å²) in [6, 6.07) is 4.80. The van der Waals surface area contributed by atoms with Crippen LogP contribution < -0.4 is 0 Å². The molecule has 0 aliphatic carbocycles. The van der Waals surface area contributed by atoms with Gasteiger partial charge in [-0.25, -0.2) is 13.2 Å². The summed E-state index contributed by atoms with van der Waals surface area (Å²) in [5, 5.41) is 9.82. The molecule has 0 spiro atoms. The zero-order valence-electron chi connectivity index (χ0n) is 8.25. The lowest BCUT2D eigenvalue weighted by molar-refractivity contribution is 0.216. The van der Waals surface area contributed by atoms with Crippen molar-refractivity contribution in [3.05, 3.63) is 56.5 Å². The van der Waals surface area contributed by atoms with Crippen molar-refractivity contribution < 1.29 is 18.3 Å². The maximum Gasteiger partial charge on any atom is 0.194 e. The largest absolute Gasteiger partial charge is 0.383 e. The van der Waals surface area contributed by atoms with Crippen LogP contribution in [0.15, 0.2) is 24.3 Å². The van der Waals surface area contributed by atoms with E-state index in [2.05, 4.69) is 0 Å². The Morgan fingerprint density at radius 2 is 1.76 bits per heavy atom. The Hall–Kier alpha value is -1.04. The van der Waals surface area contributed by atoms with Gasteiger partial charge in [-0.2, -0.15) is 0 Å². The molecule has 0 amide bonds. The highest BCUT2D eigenvalue weighted by atomic mass is 35.5. The summed E-state index contributed by atoms with van der Waals surface area (Å²) in [7, 11) is 0. The summed E-state index contributed by atoms with van der Waals surface area (Å²) in [4.78, 5) is 0.361. The van der Waals surface area contributed by atoms with E-state index in [1.807, 2.05) is 0 Å². The first-order chi connectivity index (χ1) is 8.00. The van der Waals surface area contributed by atoms with E-state index in [0.29, 0.717) is 9.21 Å². The fourth-order valence-corrected chi connectivity index (χ4v) is 2.45. The Morgan fingerprint density at radius 1 is 1.06 bits per heavy atom. The first kappa shape index (κ1) is 12.4. The minimum atomic E-state index is -1.59. The second kappa shape index (κ2) is 4.68. The summed E-state index contributed by atoms with van der Waals surface area (Å²) in [6.45, 7) is 0. The molecule has 0 radical (unpaired) electrons. The molecule has 90 valence electrons. The molecular weight excluding hydrogens is 273 g/mol. The van der Waals surface area contributed by atoms with Crippen molar-refractivity contribution in [2.24, 2.45) is 0 Å². The standard InChI is InChI=1S/C11H6ClF3OS/c12-8-4-3-7(17-8)11(16)5-1-2-6(13)10(15)9(5)14/h1-4,11,16H. The highest BCUT2D eigenvalue weighted by Crippen LogP contribution is 2.32. The van der Waals surface area contributed by atoms with Gasteiger partial charge in [-0.05, 0) is 24.3 Å². The Morgan fingerprint density at radius 3 is 2.35 bits per heavy atom. The average molecular weight is 279 g/mol. The van der Waals surface area contributed by atoms with Crippen LogP contribution in [0.4, 0.5) is 13.2 Å². The topological polar surface area (TPSA) is 20.2 Å². The van der Waals surface area contributed by atoms with Crippen LogP contribution in [0.2, 0.25) is 4.34 Å². The second-order valence-electron chi connectivity index (χ2n) is 3.31. The normalized spacial score (nSPS) is 12.8. The van der Waals surface area contributed by atoms with Gasteiger partial charge >= 0.3 is 0 Å². The van der Waals surface area contributed by atoms with Crippen LogP contribution >= 0.6 is 22.9 Å². The molecule has 1 atom stereocenters. The summed E-state index contributed by atoms with van der Waals surface area (Å²) in [6.07, 6.45) is -1.36. The molecule has 1 nitrogen and oxygen atoms in total. The van der Waals surface area contributed by atoms with Crippen LogP contribution in [-0.4, -0.2) is 5.11 Å². The predicted octanol–water partition coefficient (Wildman–Crippen LogP) is 3.90. The maximum absolute atomic E-state index is 13.4. The van der Waals surface area contributed by atoms with E-state index in [1.165, 1.54) is 12.1 Å². The van der Waals surface area contributed by atoms with Crippen LogP contribution in [0, 0.1) is 17.5 Å². The molecule has 1 N–H and O–H groups in total. The predicted molar refractivity (Wildman–Crippen MR) is 59.7 cm³/mol. The van der Waals surface area contributed by atoms with Gasteiger partial charge in [0.2, 0.25) is 0 Å². The van der Waals surface area contributed by atoms with E-state index >= 15 is 0 Å². The van der Waals surface area contributed by atoms with Crippen molar-refractivity contribution in [1.82, 2.24) is 0 Å². The molecule has 17 heavy (non-hydrogen) atoms. The summed E-state index contributed by atoms with van der Waals surface area (Å²) in [5.41, 5.74) is -0.317. The molecule has 1 aromatic carbocycles. The van der Waals surface area contributed by atoms with Gasteiger partial charge in [0, 0.05) is 10.4 Å². The van der Waals surface area contributed by atoms with Gasteiger partial charge in [0.05, 0.1) is 4.34 Å². The molecular formula is C11H6ClF3OS. The number of benzene rings is 1. The van der Waals surface area contributed by atoms with Crippen LogP contribution in [0.1, 0.15) is 16.5 Å². The van der Waals surface area contributed by atoms with Crippen LogP contribution in [0.5, 0.6) is 0 Å². The van der Waals surface area contributed by atoms with Crippen molar-refractivity contribution in [3.8, 4) is 0 Å². The fourth-order valence-electron chi connectivity index (χ4n) is 1.38. The zero-order chi connectivity index (χ0) is 12.6. The molecule has 0 aliphatic rings. The highest BCUT2D eigenvalue weighted by Gasteiger charge is 2.21. The van der Waals surface area contributed by atoms with E-state index in [9.17, 15) is 18.3 Å². The van der Waals surface area contributed by atoms with Crippen LogP contribution in [0.25, 0.3) is 0 Å². The lowest BCUT2D eigenvalue weighted by atomic mass is 10.1. The van der Waals surface area contributed by atoms with Gasteiger partial charge in [0.1, 0.15) is 6.10 Å². The Balaban J connectivity index is 2.44. The zero-order valence-corrected chi connectivity index (χ0v) is 9.83. The number of aliphatic hydroxyl groups excluding tert-OH is 1. The van der Waals surface area contributed by atoms with E-state index in [4.69, 9.17) is 11.6 Å². The first-order valence-corrected chi connectivity index (χ1v) is 5.77. The number of halogens is 4. The third-order valence-corrected chi connectivity index (χ3v) is 3.51. The molecule has 1 aromatic heterocycles. The summed E-state index contributed by atoms with van der Waals surface area (Å²) >= 11 is 6.71. The minimum Gasteiger partial charge on any atom is -0.383 e. The van der Waals surface area contributed by atoms with Gasteiger partial charge < -0.3 is 5.11 Å². The number of aliphatic hydroxyl groups is 1. The third-order valence-electron chi connectivity index (χ3n) is 2.22. The van der Waals surface area contributed by atoms with E-state index in [-0.39, 0.29) is 5.56 Å². The van der Waals surface area contributed by atoms with Gasteiger partial charge in [0.25, 0.3) is 0 Å². The van der Waals surface area contributed by atoms with Crippen molar-refractivity contribution in [2.45, 2.75) is 6.10 Å². The molecule has 6 heteroatoms. The second-order valence-corrected chi connectivity index (χ2v) is 5.06. The molecule has 2 aromatic rings. The molecule has 0 saturated carbocycles. The Kier molecular flexibility index (Phi) is 3.42. The molecule has 1 heterocycles. The number of hydrogen-bond donors (Lipinski definition) is 1. The number of thiophene rings is 1. The lowest BCUT2D eigenvalue weighted by Crippen LogP contribution is -2.04. The molecule has 0 saturated heterocycles. The molecule has 0 bridgehead atoms. The first-order valence-electron chi connectivity index (χ1n) is 4.57. The summed E-state index contributed by atoms with van der Waals surface area (Å²) < 4.78 is 39.5. The van der Waals surface area contributed by atoms with Gasteiger partial charge in [0.15, 0.2) is 17.5 Å². The fraction of sp³-hybridized carbons (Fsp3) is 0.0909. The van der Waals surface area contributed by atoms with Crippen molar-refractivity contribution in [2.75, 3.05) is 0 Å². The minimum absolute atomic E-state index is 0.317. The van der Waals surface area contributed by atoms with E-state index in [1.54, 1.807) is 0 Å². The number of rotatable bonds is 2. The van der Waals surface area contributed by atoms with E-state index < -0.39 is 23.6 Å². The molecule has 2 rings (SSSR count). The molecule has 1 unspecified atom stereocenters. The average Bonchev–Trinajstić information content (AvgIpc) is 2.72.